The van der Waals surface area contributed by atoms with Crippen LogP contribution in [0.15, 0.2) is 36.4 Å². The molecule has 4 nitrogen and oxygen atoms in total. The van der Waals surface area contributed by atoms with Crippen molar-refractivity contribution in [3.63, 3.8) is 0 Å². The molecular weight excluding hydrogens is 371 g/mol. The molecule has 0 unspecified atom stereocenters. The van der Waals surface area contributed by atoms with Gasteiger partial charge >= 0.3 is 0 Å². The van der Waals surface area contributed by atoms with E-state index in [1.807, 2.05) is 42.2 Å². The molecule has 0 aromatic heterocycles. The van der Waals surface area contributed by atoms with Gasteiger partial charge in [0.05, 0.1) is 10.0 Å². The SMILES string of the molecule is Cc1cc(NC(=O)CCc2cccc(Cl)c2Cl)ccc1N1CCCC1=O. The smallest absolute Gasteiger partial charge is 0.227 e. The number of rotatable bonds is 5. The third kappa shape index (κ3) is 4.19. The van der Waals surface area contributed by atoms with Gasteiger partial charge in [-0.15, -0.1) is 0 Å². The summed E-state index contributed by atoms with van der Waals surface area (Å²) >= 11 is 12.1. The number of nitrogens with one attached hydrogen (secondary N) is 1. The average Bonchev–Trinajstić information content (AvgIpc) is 3.02. The van der Waals surface area contributed by atoms with Crippen molar-refractivity contribution in [2.24, 2.45) is 0 Å². The van der Waals surface area contributed by atoms with Crippen molar-refractivity contribution in [1.29, 1.82) is 0 Å². The zero-order valence-corrected chi connectivity index (χ0v) is 16.0. The maximum Gasteiger partial charge on any atom is 0.227 e. The number of nitrogens with zero attached hydrogens (tertiary/aromatic N) is 1. The Hall–Kier alpha value is -2.04. The van der Waals surface area contributed by atoms with Crippen molar-refractivity contribution < 1.29 is 9.59 Å². The van der Waals surface area contributed by atoms with Gasteiger partial charge in [-0.05, 0) is 55.2 Å². The van der Waals surface area contributed by atoms with E-state index >= 15 is 0 Å². The molecule has 1 saturated heterocycles. The molecule has 2 aromatic carbocycles. The van der Waals surface area contributed by atoms with E-state index in [2.05, 4.69) is 5.32 Å². The Balaban J connectivity index is 1.61. The molecule has 2 amide bonds. The summed E-state index contributed by atoms with van der Waals surface area (Å²) in [7, 11) is 0. The maximum absolute atomic E-state index is 12.2. The van der Waals surface area contributed by atoms with Gasteiger partial charge in [0, 0.05) is 30.8 Å². The fourth-order valence-corrected chi connectivity index (χ4v) is 3.57. The van der Waals surface area contributed by atoms with Crippen LogP contribution in [-0.2, 0) is 16.0 Å². The van der Waals surface area contributed by atoms with Gasteiger partial charge in [0.2, 0.25) is 11.8 Å². The Kier molecular flexibility index (Phi) is 5.84. The fraction of sp³-hybridized carbons (Fsp3) is 0.300. The maximum atomic E-state index is 12.2. The number of hydrogen-bond acceptors (Lipinski definition) is 2. The topological polar surface area (TPSA) is 49.4 Å². The molecule has 3 rings (SSSR count). The minimum Gasteiger partial charge on any atom is -0.326 e. The zero-order chi connectivity index (χ0) is 18.7. The summed E-state index contributed by atoms with van der Waals surface area (Å²) in [6, 6.07) is 11.0. The predicted octanol–water partition coefficient (Wildman–Crippen LogP) is 5.00. The largest absolute Gasteiger partial charge is 0.326 e. The molecule has 1 heterocycles. The lowest BCUT2D eigenvalue weighted by Gasteiger charge is -2.19. The molecule has 6 heteroatoms. The van der Waals surface area contributed by atoms with Crippen molar-refractivity contribution >= 4 is 46.4 Å². The van der Waals surface area contributed by atoms with Crippen LogP contribution >= 0.6 is 23.2 Å². The summed E-state index contributed by atoms with van der Waals surface area (Å²) < 4.78 is 0. The van der Waals surface area contributed by atoms with Crippen LogP contribution in [0.1, 0.15) is 30.4 Å². The summed E-state index contributed by atoms with van der Waals surface area (Å²) in [5, 5.41) is 3.89. The fourth-order valence-electron chi connectivity index (χ4n) is 3.15. The van der Waals surface area contributed by atoms with Crippen LogP contribution in [0.3, 0.4) is 0 Å². The standard InChI is InChI=1S/C20H20Cl2N2O2/c1-13-12-15(8-9-17(13)24-11-3-6-19(24)26)23-18(25)10-7-14-4-2-5-16(21)20(14)22/h2,4-5,8-9,12H,3,6-7,10-11H2,1H3,(H,23,25). The first-order chi connectivity index (χ1) is 12.5. The van der Waals surface area contributed by atoms with E-state index in [4.69, 9.17) is 23.2 Å². The molecule has 26 heavy (non-hydrogen) atoms. The summed E-state index contributed by atoms with van der Waals surface area (Å²) in [6.07, 6.45) is 2.32. The lowest BCUT2D eigenvalue weighted by Crippen LogP contribution is -2.24. The number of benzene rings is 2. The highest BCUT2D eigenvalue weighted by molar-refractivity contribution is 6.42. The van der Waals surface area contributed by atoms with Crippen molar-refractivity contribution in [3.8, 4) is 0 Å². The Morgan fingerprint density at radius 3 is 2.73 bits per heavy atom. The van der Waals surface area contributed by atoms with Crippen LogP contribution in [0, 0.1) is 6.92 Å². The molecule has 0 aliphatic carbocycles. The van der Waals surface area contributed by atoms with Crippen LogP contribution in [0.5, 0.6) is 0 Å². The normalized spacial score (nSPS) is 14.0. The van der Waals surface area contributed by atoms with E-state index in [0.717, 1.165) is 35.5 Å². The molecule has 0 radical (unpaired) electrons. The summed E-state index contributed by atoms with van der Waals surface area (Å²) in [6.45, 7) is 2.70. The van der Waals surface area contributed by atoms with E-state index in [1.165, 1.54) is 0 Å². The van der Waals surface area contributed by atoms with Crippen LogP contribution in [0.2, 0.25) is 10.0 Å². The van der Waals surface area contributed by atoms with Crippen molar-refractivity contribution in [3.05, 3.63) is 57.6 Å². The number of anilines is 2. The number of halogens is 2. The third-order valence-electron chi connectivity index (χ3n) is 4.50. The molecule has 136 valence electrons. The van der Waals surface area contributed by atoms with Crippen molar-refractivity contribution in [1.82, 2.24) is 0 Å². The van der Waals surface area contributed by atoms with Gasteiger partial charge in [-0.1, -0.05) is 35.3 Å². The second-order valence-electron chi connectivity index (χ2n) is 6.41. The molecule has 1 aliphatic heterocycles. The molecule has 0 spiro atoms. The Morgan fingerprint density at radius 2 is 2.04 bits per heavy atom. The Bertz CT molecular complexity index is 852. The van der Waals surface area contributed by atoms with E-state index < -0.39 is 0 Å². The van der Waals surface area contributed by atoms with Gasteiger partial charge in [-0.3, -0.25) is 9.59 Å². The van der Waals surface area contributed by atoms with E-state index in [0.29, 0.717) is 29.3 Å². The number of hydrogen-bond donors (Lipinski definition) is 1. The van der Waals surface area contributed by atoms with Crippen LogP contribution in [0.4, 0.5) is 11.4 Å². The van der Waals surface area contributed by atoms with Gasteiger partial charge < -0.3 is 10.2 Å². The van der Waals surface area contributed by atoms with Gasteiger partial charge in [0.25, 0.3) is 0 Å². The first-order valence-corrected chi connectivity index (χ1v) is 9.35. The first kappa shape index (κ1) is 18.7. The molecule has 0 saturated carbocycles. The number of carbonyl (C=O) groups is 2. The van der Waals surface area contributed by atoms with Gasteiger partial charge in [-0.2, -0.15) is 0 Å². The third-order valence-corrected chi connectivity index (χ3v) is 5.36. The van der Waals surface area contributed by atoms with E-state index in [1.54, 1.807) is 6.07 Å². The van der Waals surface area contributed by atoms with Crippen LogP contribution < -0.4 is 10.2 Å². The van der Waals surface area contributed by atoms with Gasteiger partial charge in [0.1, 0.15) is 0 Å². The highest BCUT2D eigenvalue weighted by Crippen LogP contribution is 2.28. The van der Waals surface area contributed by atoms with Crippen LogP contribution in [-0.4, -0.2) is 18.4 Å². The lowest BCUT2D eigenvalue weighted by molar-refractivity contribution is -0.117. The molecule has 1 N–H and O–H groups in total. The number of aryl methyl sites for hydroxylation is 2. The second-order valence-corrected chi connectivity index (χ2v) is 7.20. The summed E-state index contributed by atoms with van der Waals surface area (Å²) in [4.78, 5) is 25.9. The lowest BCUT2D eigenvalue weighted by atomic mass is 10.1. The van der Waals surface area contributed by atoms with Gasteiger partial charge in [-0.25, -0.2) is 0 Å². The summed E-state index contributed by atoms with van der Waals surface area (Å²) in [5.41, 5.74) is 3.46. The van der Waals surface area contributed by atoms with Gasteiger partial charge in [0.15, 0.2) is 0 Å². The molecule has 0 bridgehead atoms. The number of amides is 2. The average molecular weight is 391 g/mol. The zero-order valence-electron chi connectivity index (χ0n) is 14.5. The summed E-state index contributed by atoms with van der Waals surface area (Å²) in [5.74, 6) is 0.0636. The Morgan fingerprint density at radius 1 is 1.23 bits per heavy atom. The van der Waals surface area contributed by atoms with Crippen molar-refractivity contribution in [2.75, 3.05) is 16.8 Å². The molecule has 2 aromatic rings. The molecule has 0 atom stereocenters. The predicted molar refractivity (Wildman–Crippen MR) is 106 cm³/mol. The molecule has 1 fully saturated rings. The molecular formula is C20H20Cl2N2O2. The van der Waals surface area contributed by atoms with E-state index in [9.17, 15) is 9.59 Å². The quantitative estimate of drug-likeness (QED) is 0.780. The minimum absolute atomic E-state index is 0.0922. The highest BCUT2D eigenvalue weighted by Gasteiger charge is 2.23. The molecule has 1 aliphatic rings. The second kappa shape index (κ2) is 8.11. The number of carbonyl (C=O) groups excluding carboxylic acids is 2. The highest BCUT2D eigenvalue weighted by atomic mass is 35.5. The van der Waals surface area contributed by atoms with Crippen LogP contribution in [0.25, 0.3) is 0 Å². The monoisotopic (exact) mass is 390 g/mol. The minimum atomic E-state index is -0.0922. The van der Waals surface area contributed by atoms with E-state index in [-0.39, 0.29) is 11.8 Å². The Labute approximate surface area is 163 Å². The van der Waals surface area contributed by atoms with Crippen molar-refractivity contribution in [2.45, 2.75) is 32.6 Å². The first-order valence-electron chi connectivity index (χ1n) is 8.59.